The highest BCUT2D eigenvalue weighted by molar-refractivity contribution is 9.11. The highest BCUT2D eigenvalue weighted by Crippen LogP contribution is 2.30. The number of ether oxygens (including phenoxy) is 3. The van der Waals surface area contributed by atoms with E-state index in [1.165, 1.54) is 0 Å². The van der Waals surface area contributed by atoms with E-state index in [9.17, 15) is 14.4 Å². The molecule has 0 radical (unpaired) electrons. The molecule has 0 spiro atoms. The van der Waals surface area contributed by atoms with E-state index in [2.05, 4.69) is 57.8 Å². The molecule has 266 valence electrons. The van der Waals surface area contributed by atoms with Crippen LogP contribution < -0.4 is 0 Å². The predicted molar refractivity (Wildman–Crippen MR) is 218 cm³/mol. The molecule has 0 fully saturated rings. The summed E-state index contributed by atoms with van der Waals surface area (Å²) in [6.45, 7) is 1.14. The number of pyridine rings is 3. The number of rotatable bonds is 14. The lowest BCUT2D eigenvalue weighted by Gasteiger charge is -2.11. The predicted octanol–water partition coefficient (Wildman–Crippen LogP) is 10.5. The second kappa shape index (κ2) is 18.3. The lowest BCUT2D eigenvalue weighted by atomic mass is 10.0. The molecule has 0 aliphatic heterocycles. The van der Waals surface area contributed by atoms with Gasteiger partial charge in [0.25, 0.3) is 19.4 Å². The lowest BCUT2D eigenvalue weighted by molar-refractivity contribution is -0.123. The number of carbonyl (C=O) groups is 3. The summed E-state index contributed by atoms with van der Waals surface area (Å²) in [4.78, 5) is 48.7. The maximum atomic E-state index is 11.6. The Labute approximate surface area is 335 Å². The number of hydrogen-bond donors (Lipinski definition) is 0. The zero-order valence-corrected chi connectivity index (χ0v) is 32.7. The van der Waals surface area contributed by atoms with Gasteiger partial charge in [-0.3, -0.25) is 24.4 Å². The molecule has 0 aliphatic carbocycles. The normalized spacial score (nSPS) is 11.8. The van der Waals surface area contributed by atoms with E-state index in [1.807, 2.05) is 97.1 Å². The Kier molecular flexibility index (Phi) is 12.8. The van der Waals surface area contributed by atoms with Crippen molar-refractivity contribution in [3.63, 3.8) is 0 Å². The molecular weight excluding hydrogens is 882 g/mol. The molecule has 54 heavy (non-hydrogen) atoms. The molecule has 6 aromatic rings. The van der Waals surface area contributed by atoms with Gasteiger partial charge in [-0.15, -0.1) is 0 Å². The average Bonchev–Trinajstić information content (AvgIpc) is 3.18. The molecule has 3 heterocycles. The van der Waals surface area contributed by atoms with Gasteiger partial charge in [-0.25, -0.2) is 4.98 Å². The molecule has 3 aromatic carbocycles. The van der Waals surface area contributed by atoms with Crippen molar-refractivity contribution in [2.75, 3.05) is 0 Å². The van der Waals surface area contributed by atoms with Crippen LogP contribution >= 0.6 is 47.8 Å². The number of benzene rings is 3. The fourth-order valence-electron chi connectivity index (χ4n) is 5.26. The molecule has 0 amide bonds. The minimum Gasteiger partial charge on any atom is -0.428 e. The van der Waals surface area contributed by atoms with Crippen LogP contribution in [0.15, 0.2) is 135 Å². The van der Waals surface area contributed by atoms with Crippen molar-refractivity contribution in [2.24, 2.45) is 0 Å². The second-order valence-corrected chi connectivity index (χ2v) is 14.1. The van der Waals surface area contributed by atoms with E-state index in [4.69, 9.17) is 19.2 Å². The molecule has 0 atom stereocenters. The Morgan fingerprint density at radius 2 is 0.741 bits per heavy atom. The van der Waals surface area contributed by atoms with Crippen LogP contribution in [0.4, 0.5) is 0 Å². The molecule has 0 N–H and O–H groups in total. The Morgan fingerprint density at radius 1 is 0.426 bits per heavy atom. The summed E-state index contributed by atoms with van der Waals surface area (Å²) in [6.07, 6.45) is 8.47. The van der Waals surface area contributed by atoms with Gasteiger partial charge >= 0.3 is 0 Å². The molecule has 6 rings (SSSR count). The van der Waals surface area contributed by atoms with Gasteiger partial charge < -0.3 is 14.2 Å². The number of hydrogen-bond acceptors (Lipinski definition) is 9. The molecule has 0 bridgehead atoms. The highest BCUT2D eigenvalue weighted by Gasteiger charge is 2.13. The topological polar surface area (TPSA) is 118 Å². The Balaban J connectivity index is 1.47. The minimum absolute atomic E-state index is 0.310. The van der Waals surface area contributed by atoms with Gasteiger partial charge in [-0.2, -0.15) is 0 Å². The third-order valence-corrected chi connectivity index (χ3v) is 9.33. The summed E-state index contributed by atoms with van der Waals surface area (Å²) in [7, 11) is 0. The van der Waals surface area contributed by atoms with E-state index in [1.54, 1.807) is 42.8 Å². The minimum atomic E-state index is 0.310. The van der Waals surface area contributed by atoms with Crippen LogP contribution in [-0.2, 0) is 28.6 Å². The first kappa shape index (κ1) is 37.9. The molecule has 3 aromatic heterocycles. The van der Waals surface area contributed by atoms with Crippen molar-refractivity contribution in [2.45, 2.75) is 0 Å². The maximum absolute atomic E-state index is 11.6. The van der Waals surface area contributed by atoms with Gasteiger partial charge in [0.1, 0.15) is 17.3 Å². The first-order valence-electron chi connectivity index (χ1n) is 16.0. The third kappa shape index (κ3) is 9.98. The van der Waals surface area contributed by atoms with Gasteiger partial charge in [0.05, 0.1) is 22.8 Å². The first-order chi connectivity index (χ1) is 26.3. The van der Waals surface area contributed by atoms with Gasteiger partial charge in [0.2, 0.25) is 0 Å². The fraction of sp³-hybridized carbons (Fsp3) is 0. The summed E-state index contributed by atoms with van der Waals surface area (Å²) >= 11 is 10.3. The van der Waals surface area contributed by atoms with Gasteiger partial charge in [0.15, 0.2) is 0 Å². The summed E-state index contributed by atoms with van der Waals surface area (Å²) in [5, 5.41) is 0. The molecule has 12 heteroatoms. The number of aromatic nitrogens is 3. The van der Waals surface area contributed by atoms with E-state index in [-0.39, 0.29) is 0 Å². The maximum Gasteiger partial charge on any atom is 0.298 e. The van der Waals surface area contributed by atoms with Crippen molar-refractivity contribution < 1.29 is 28.6 Å². The third-order valence-electron chi connectivity index (χ3n) is 7.75. The van der Waals surface area contributed by atoms with E-state index < -0.39 is 0 Å². The molecule has 0 aliphatic rings. The molecule has 0 saturated carbocycles. The number of halogens is 3. The van der Waals surface area contributed by atoms with Crippen molar-refractivity contribution in [1.82, 2.24) is 15.0 Å². The fourth-order valence-corrected chi connectivity index (χ4v) is 6.05. The van der Waals surface area contributed by atoms with Crippen LogP contribution in [0.1, 0.15) is 33.4 Å². The SMILES string of the molecule is O=CO/C(=C/c1ccnc(-c2cc(/C=C(/OC=O)c3ccc(Br)cc3)cc(-c3cc(/C=C(/OC=O)c4ccc(Br)cc4)ccn3)n2)c1)c1ccc(Br)cc1. The zero-order valence-electron chi connectivity index (χ0n) is 27.9. The number of nitrogens with zero attached hydrogens (tertiary/aromatic N) is 3. The van der Waals surface area contributed by atoms with Crippen molar-refractivity contribution >= 4 is 103 Å². The van der Waals surface area contributed by atoms with Crippen LogP contribution in [0, 0.1) is 0 Å². The van der Waals surface area contributed by atoms with Gasteiger partial charge in [-0.1, -0.05) is 84.2 Å². The number of carbonyl (C=O) groups excluding carboxylic acids is 3. The van der Waals surface area contributed by atoms with Crippen molar-refractivity contribution in [3.05, 3.63) is 168 Å². The zero-order chi connectivity index (χ0) is 37.9. The molecular formula is C42H26Br3N3O6. The summed E-state index contributed by atoms with van der Waals surface area (Å²) in [5.41, 5.74) is 6.11. The van der Waals surface area contributed by atoms with Crippen molar-refractivity contribution in [1.29, 1.82) is 0 Å². The Bertz CT molecular complexity index is 2260. The van der Waals surface area contributed by atoms with Crippen molar-refractivity contribution in [3.8, 4) is 22.8 Å². The Hall–Kier alpha value is -5.82. The smallest absolute Gasteiger partial charge is 0.298 e. The largest absolute Gasteiger partial charge is 0.428 e. The van der Waals surface area contributed by atoms with Crippen LogP contribution in [-0.4, -0.2) is 34.4 Å². The summed E-state index contributed by atoms with van der Waals surface area (Å²) < 4.78 is 18.8. The average molecular weight is 908 g/mol. The van der Waals surface area contributed by atoms with Crippen LogP contribution in [0.2, 0.25) is 0 Å². The van der Waals surface area contributed by atoms with E-state index >= 15 is 0 Å². The van der Waals surface area contributed by atoms with Gasteiger partial charge in [0, 0.05) is 42.5 Å². The summed E-state index contributed by atoms with van der Waals surface area (Å²) in [5.74, 6) is 1.01. The first-order valence-corrected chi connectivity index (χ1v) is 18.4. The van der Waals surface area contributed by atoms with Crippen LogP contribution in [0.25, 0.3) is 58.3 Å². The molecule has 0 unspecified atom stereocenters. The summed E-state index contributed by atoms with van der Waals surface area (Å²) in [6, 6.07) is 32.9. The highest BCUT2D eigenvalue weighted by atomic mass is 79.9. The van der Waals surface area contributed by atoms with E-state index in [0.29, 0.717) is 92.9 Å². The van der Waals surface area contributed by atoms with E-state index in [0.717, 1.165) is 13.4 Å². The van der Waals surface area contributed by atoms with Crippen LogP contribution in [0.3, 0.4) is 0 Å². The Morgan fingerprint density at radius 3 is 1.07 bits per heavy atom. The quantitative estimate of drug-likeness (QED) is 0.0598. The molecule has 9 nitrogen and oxygen atoms in total. The monoisotopic (exact) mass is 905 g/mol. The molecule has 0 saturated heterocycles. The standard InChI is InChI=1S/C42H26Br3N3O6/c43-33-7-1-30(2-8-33)40(52-24-49)21-27-13-15-46-36(17-27)38-19-29(23-42(54-26-51)32-5-11-35(45)12-6-32)20-39(48-38)37-18-28(14-16-47-37)22-41(53-25-50)31-3-9-34(44)10-4-31/h1-26H/b40-21+,41-22+,42-23+. The lowest BCUT2D eigenvalue weighted by Crippen LogP contribution is -1.97. The van der Waals surface area contributed by atoms with Crippen LogP contribution in [0.5, 0.6) is 0 Å². The van der Waals surface area contributed by atoms with Gasteiger partial charge in [-0.05, 0) is 108 Å². The second-order valence-electron chi connectivity index (χ2n) is 11.3.